The Kier molecular flexibility index (Phi) is 3.13. The van der Waals surface area contributed by atoms with E-state index in [4.69, 9.17) is 0 Å². The predicted octanol–water partition coefficient (Wildman–Crippen LogP) is 2.40. The highest BCUT2D eigenvalue weighted by molar-refractivity contribution is 5.99. The van der Waals surface area contributed by atoms with Gasteiger partial charge in [0.25, 0.3) is 5.91 Å². The first-order valence-corrected chi connectivity index (χ1v) is 5.83. The minimum absolute atomic E-state index is 0.0336. The smallest absolute Gasteiger partial charge is 0.253 e. The molecule has 1 aromatic carbocycles. The number of benzene rings is 1. The number of carbonyl (C=O) groups is 1. The van der Waals surface area contributed by atoms with Gasteiger partial charge in [-0.15, -0.1) is 0 Å². The summed E-state index contributed by atoms with van der Waals surface area (Å²) in [6.45, 7) is 4.13. The number of hydrogen-bond acceptors (Lipinski definition) is 2. The monoisotopic (exact) mass is 218 g/mol. The van der Waals surface area contributed by atoms with E-state index in [0.29, 0.717) is 12.1 Å². The maximum Gasteiger partial charge on any atom is 0.253 e. The Morgan fingerprint density at radius 1 is 1.31 bits per heavy atom. The maximum absolute atomic E-state index is 11.9. The largest absolute Gasteiger partial charge is 0.382 e. The lowest BCUT2D eigenvalue weighted by Gasteiger charge is -2.14. The van der Waals surface area contributed by atoms with Crippen molar-refractivity contribution in [2.45, 2.75) is 38.8 Å². The van der Waals surface area contributed by atoms with Crippen LogP contribution in [-0.2, 0) is 0 Å². The van der Waals surface area contributed by atoms with Crippen molar-refractivity contribution in [3.63, 3.8) is 0 Å². The molecule has 0 atom stereocenters. The molecule has 1 aromatic rings. The fourth-order valence-corrected chi connectivity index (χ4v) is 1.61. The van der Waals surface area contributed by atoms with E-state index in [0.717, 1.165) is 24.1 Å². The lowest BCUT2D eigenvalue weighted by molar-refractivity contribution is 0.0952. The normalized spacial score (nSPS) is 14.9. The van der Waals surface area contributed by atoms with Crippen LogP contribution in [-0.4, -0.2) is 18.0 Å². The highest BCUT2D eigenvalue weighted by Gasteiger charge is 2.24. The first-order chi connectivity index (χ1) is 7.66. The van der Waals surface area contributed by atoms with E-state index in [2.05, 4.69) is 24.5 Å². The third kappa shape index (κ3) is 2.75. The number of hydrogen-bond donors (Lipinski definition) is 2. The molecule has 0 bridgehead atoms. The van der Waals surface area contributed by atoms with Gasteiger partial charge in [-0.05, 0) is 38.8 Å². The molecule has 16 heavy (non-hydrogen) atoms. The molecule has 0 unspecified atom stereocenters. The minimum Gasteiger partial charge on any atom is -0.382 e. The van der Waals surface area contributed by atoms with Crippen molar-refractivity contribution in [2.24, 2.45) is 0 Å². The molecular formula is C13H18N2O. The maximum atomic E-state index is 11.9. The molecule has 0 saturated heterocycles. The SMILES string of the molecule is CC(C)Nc1ccccc1C(=O)NC1CC1. The first-order valence-electron chi connectivity index (χ1n) is 5.83. The van der Waals surface area contributed by atoms with Crippen molar-refractivity contribution in [3.8, 4) is 0 Å². The quantitative estimate of drug-likeness (QED) is 0.814. The van der Waals surface area contributed by atoms with E-state index in [-0.39, 0.29) is 5.91 Å². The van der Waals surface area contributed by atoms with Gasteiger partial charge in [0, 0.05) is 17.8 Å². The van der Waals surface area contributed by atoms with Crippen molar-refractivity contribution >= 4 is 11.6 Å². The fourth-order valence-electron chi connectivity index (χ4n) is 1.61. The van der Waals surface area contributed by atoms with E-state index in [1.807, 2.05) is 24.3 Å². The van der Waals surface area contributed by atoms with Crippen molar-refractivity contribution in [1.82, 2.24) is 5.32 Å². The summed E-state index contributed by atoms with van der Waals surface area (Å²) in [5.74, 6) is 0.0336. The van der Waals surface area contributed by atoms with Crippen LogP contribution < -0.4 is 10.6 Å². The molecule has 1 amide bonds. The molecule has 2 N–H and O–H groups in total. The molecule has 1 saturated carbocycles. The number of carbonyl (C=O) groups excluding carboxylic acids is 1. The van der Waals surface area contributed by atoms with Gasteiger partial charge >= 0.3 is 0 Å². The lowest BCUT2D eigenvalue weighted by Crippen LogP contribution is -2.26. The Bertz CT molecular complexity index is 383. The zero-order valence-electron chi connectivity index (χ0n) is 9.79. The molecule has 1 aliphatic carbocycles. The summed E-state index contributed by atoms with van der Waals surface area (Å²) < 4.78 is 0. The molecule has 0 aromatic heterocycles. The summed E-state index contributed by atoms with van der Waals surface area (Å²) in [5.41, 5.74) is 1.65. The third-order valence-corrected chi connectivity index (χ3v) is 2.53. The van der Waals surface area contributed by atoms with Crippen LogP contribution in [0.25, 0.3) is 0 Å². The number of amides is 1. The van der Waals surface area contributed by atoms with E-state index < -0.39 is 0 Å². The zero-order valence-corrected chi connectivity index (χ0v) is 9.79. The van der Waals surface area contributed by atoms with Gasteiger partial charge in [0.1, 0.15) is 0 Å². The standard InChI is InChI=1S/C13H18N2O/c1-9(2)14-12-6-4-3-5-11(12)13(16)15-10-7-8-10/h3-6,9-10,14H,7-8H2,1-2H3,(H,15,16). The van der Waals surface area contributed by atoms with E-state index in [1.54, 1.807) is 0 Å². The van der Waals surface area contributed by atoms with Gasteiger partial charge in [0.2, 0.25) is 0 Å². The van der Waals surface area contributed by atoms with Crippen LogP contribution in [0.5, 0.6) is 0 Å². The van der Waals surface area contributed by atoms with Gasteiger partial charge in [0.15, 0.2) is 0 Å². The molecule has 1 fully saturated rings. The van der Waals surface area contributed by atoms with Gasteiger partial charge in [-0.25, -0.2) is 0 Å². The predicted molar refractivity (Wildman–Crippen MR) is 65.7 cm³/mol. The Balaban J connectivity index is 2.13. The van der Waals surface area contributed by atoms with Gasteiger partial charge in [0.05, 0.1) is 5.56 Å². The second kappa shape index (κ2) is 4.56. The third-order valence-electron chi connectivity index (χ3n) is 2.53. The van der Waals surface area contributed by atoms with Crippen molar-refractivity contribution < 1.29 is 4.79 Å². The van der Waals surface area contributed by atoms with E-state index in [1.165, 1.54) is 0 Å². The molecule has 1 aliphatic rings. The fraction of sp³-hybridized carbons (Fsp3) is 0.462. The van der Waals surface area contributed by atoms with Crippen molar-refractivity contribution in [2.75, 3.05) is 5.32 Å². The highest BCUT2D eigenvalue weighted by Crippen LogP contribution is 2.21. The number of anilines is 1. The van der Waals surface area contributed by atoms with Gasteiger partial charge in [-0.3, -0.25) is 4.79 Å². The summed E-state index contributed by atoms with van der Waals surface area (Å²) in [6, 6.07) is 8.38. The van der Waals surface area contributed by atoms with Crippen molar-refractivity contribution in [1.29, 1.82) is 0 Å². The first kappa shape index (κ1) is 11.0. The molecular weight excluding hydrogens is 200 g/mol. The molecule has 0 heterocycles. The molecule has 0 aliphatic heterocycles. The van der Waals surface area contributed by atoms with Crippen LogP contribution in [0.3, 0.4) is 0 Å². The van der Waals surface area contributed by atoms with Crippen LogP contribution in [0.4, 0.5) is 5.69 Å². The van der Waals surface area contributed by atoms with Crippen molar-refractivity contribution in [3.05, 3.63) is 29.8 Å². The molecule has 2 rings (SSSR count). The molecule has 3 nitrogen and oxygen atoms in total. The van der Waals surface area contributed by atoms with E-state index in [9.17, 15) is 4.79 Å². The topological polar surface area (TPSA) is 41.1 Å². The summed E-state index contributed by atoms with van der Waals surface area (Å²) in [5, 5.41) is 6.29. The highest BCUT2D eigenvalue weighted by atomic mass is 16.1. The summed E-state index contributed by atoms with van der Waals surface area (Å²) in [7, 11) is 0. The molecule has 86 valence electrons. The summed E-state index contributed by atoms with van der Waals surface area (Å²) >= 11 is 0. The minimum atomic E-state index is 0.0336. The average Bonchev–Trinajstić information content (AvgIpc) is 3.01. The number of rotatable bonds is 4. The Hall–Kier alpha value is -1.51. The zero-order chi connectivity index (χ0) is 11.5. The second-order valence-electron chi connectivity index (χ2n) is 4.59. The summed E-state index contributed by atoms with van der Waals surface area (Å²) in [6.07, 6.45) is 2.23. The van der Waals surface area contributed by atoms with Gasteiger partial charge in [-0.1, -0.05) is 12.1 Å². The lowest BCUT2D eigenvalue weighted by atomic mass is 10.1. The Labute approximate surface area is 96.2 Å². The van der Waals surface area contributed by atoms with Gasteiger partial charge in [-0.2, -0.15) is 0 Å². The van der Waals surface area contributed by atoms with Crippen LogP contribution in [0.15, 0.2) is 24.3 Å². The van der Waals surface area contributed by atoms with E-state index >= 15 is 0 Å². The number of para-hydroxylation sites is 1. The van der Waals surface area contributed by atoms with Crippen LogP contribution in [0, 0.1) is 0 Å². The van der Waals surface area contributed by atoms with Crippen LogP contribution >= 0.6 is 0 Å². The van der Waals surface area contributed by atoms with Gasteiger partial charge < -0.3 is 10.6 Å². The average molecular weight is 218 g/mol. The van der Waals surface area contributed by atoms with Crippen LogP contribution in [0.2, 0.25) is 0 Å². The number of nitrogens with one attached hydrogen (secondary N) is 2. The second-order valence-corrected chi connectivity index (χ2v) is 4.59. The Morgan fingerprint density at radius 2 is 2.00 bits per heavy atom. The Morgan fingerprint density at radius 3 is 2.62 bits per heavy atom. The van der Waals surface area contributed by atoms with Crippen LogP contribution in [0.1, 0.15) is 37.0 Å². The summed E-state index contributed by atoms with van der Waals surface area (Å²) in [4.78, 5) is 11.9. The molecule has 0 spiro atoms. The molecule has 0 radical (unpaired) electrons. The molecule has 3 heteroatoms.